The van der Waals surface area contributed by atoms with Gasteiger partial charge in [0.1, 0.15) is 5.75 Å². The molecule has 0 saturated heterocycles. The molecule has 0 saturated carbocycles. The maximum Gasteiger partial charge on any atom is 0.117 e. The fourth-order valence-corrected chi connectivity index (χ4v) is 3.51. The molecule has 1 aromatic carbocycles. The van der Waals surface area contributed by atoms with Crippen molar-refractivity contribution in [1.29, 1.82) is 0 Å². The number of hydrogen-bond acceptors (Lipinski definition) is 2. The molecule has 1 heterocycles. The zero-order valence-corrected chi connectivity index (χ0v) is 9.58. The number of fused-ring (bicyclic) bond motifs is 1. The van der Waals surface area contributed by atoms with E-state index in [1.54, 1.807) is 17.4 Å². The van der Waals surface area contributed by atoms with Gasteiger partial charge in [0.15, 0.2) is 0 Å². The lowest BCUT2D eigenvalue weighted by Crippen LogP contribution is -1.76. The lowest BCUT2D eigenvalue weighted by molar-refractivity contribution is 0.476. The Bertz CT molecular complexity index is 447. The minimum absolute atomic E-state index is 0.337. The van der Waals surface area contributed by atoms with Crippen LogP contribution in [0, 0.1) is 0 Å². The summed E-state index contributed by atoms with van der Waals surface area (Å²) in [4.78, 5) is 0. The zero-order chi connectivity index (χ0) is 9.42. The molecule has 1 N–H and O–H groups in total. The van der Waals surface area contributed by atoms with Crippen LogP contribution in [0.2, 0.25) is 0 Å². The molecule has 1 nitrogen and oxygen atoms in total. The van der Waals surface area contributed by atoms with Crippen molar-refractivity contribution in [2.24, 2.45) is 0 Å². The molecule has 1 aromatic heterocycles. The second kappa shape index (κ2) is 3.31. The van der Waals surface area contributed by atoms with Gasteiger partial charge in [-0.05, 0) is 51.5 Å². The molecule has 0 fully saturated rings. The molecule has 0 aliphatic carbocycles. The summed E-state index contributed by atoms with van der Waals surface area (Å²) < 4.78 is 2.32. The molecule has 2 aromatic rings. The van der Waals surface area contributed by atoms with Crippen LogP contribution in [0.5, 0.6) is 5.75 Å². The van der Waals surface area contributed by atoms with E-state index in [-0.39, 0.29) is 0 Å². The third-order valence-corrected chi connectivity index (χ3v) is 4.03. The summed E-state index contributed by atoms with van der Waals surface area (Å²) in [6, 6.07) is 5.52. The Kier molecular flexibility index (Phi) is 2.30. The number of hydrogen-bond donors (Lipinski definition) is 1. The second-order valence-electron chi connectivity index (χ2n) is 2.89. The number of rotatable bonds is 1. The third kappa shape index (κ3) is 1.46. The number of halogens is 1. The quantitative estimate of drug-likeness (QED) is 0.820. The van der Waals surface area contributed by atoms with E-state index in [1.165, 1.54) is 14.7 Å². The van der Waals surface area contributed by atoms with E-state index in [4.69, 9.17) is 0 Å². The Morgan fingerprint density at radius 1 is 1.46 bits per heavy atom. The topological polar surface area (TPSA) is 20.2 Å². The first-order chi connectivity index (χ1) is 6.22. The average Bonchev–Trinajstić information content (AvgIpc) is 2.39. The maximum absolute atomic E-state index is 9.29. The number of phenolic OH excluding ortho intramolecular Hbond substituents is 1. The predicted molar refractivity (Wildman–Crippen MR) is 60.6 cm³/mol. The Hall–Kier alpha value is -0.540. The van der Waals surface area contributed by atoms with Crippen LogP contribution in [-0.4, -0.2) is 5.11 Å². The molecule has 3 heteroatoms. The summed E-state index contributed by atoms with van der Waals surface area (Å²) in [5.41, 5.74) is 1.33. The van der Waals surface area contributed by atoms with Crippen LogP contribution < -0.4 is 0 Å². The highest BCUT2D eigenvalue weighted by Crippen LogP contribution is 2.37. The fourth-order valence-electron chi connectivity index (χ4n) is 1.44. The van der Waals surface area contributed by atoms with Crippen LogP contribution in [0.15, 0.2) is 22.0 Å². The summed E-state index contributed by atoms with van der Waals surface area (Å²) in [5.74, 6) is 0.337. The van der Waals surface area contributed by atoms with Crippen molar-refractivity contribution in [2.75, 3.05) is 0 Å². The van der Waals surface area contributed by atoms with E-state index in [9.17, 15) is 5.11 Å². The molecule has 0 aliphatic rings. The van der Waals surface area contributed by atoms with Crippen molar-refractivity contribution >= 4 is 37.4 Å². The molecule has 0 spiro atoms. The summed E-state index contributed by atoms with van der Waals surface area (Å²) >= 11 is 5.21. The van der Waals surface area contributed by atoms with Crippen LogP contribution in [0.4, 0.5) is 0 Å². The van der Waals surface area contributed by atoms with Crippen LogP contribution >= 0.6 is 27.3 Å². The monoisotopic (exact) mass is 256 g/mol. The standard InChI is InChI=1S/C10H9BrOS/c1-2-7-8-4-3-6(12)5-9(8)13-10(7)11/h3-5,12H,2H2,1H3. The second-order valence-corrected chi connectivity index (χ2v) is 5.26. The van der Waals surface area contributed by atoms with Crippen molar-refractivity contribution < 1.29 is 5.11 Å². The average molecular weight is 257 g/mol. The Morgan fingerprint density at radius 3 is 2.92 bits per heavy atom. The molecule has 0 radical (unpaired) electrons. The van der Waals surface area contributed by atoms with Gasteiger partial charge in [-0.15, -0.1) is 11.3 Å². The summed E-state index contributed by atoms with van der Waals surface area (Å²) in [6.07, 6.45) is 1.02. The third-order valence-electron chi connectivity index (χ3n) is 2.08. The summed E-state index contributed by atoms with van der Waals surface area (Å²) in [7, 11) is 0. The van der Waals surface area contributed by atoms with Gasteiger partial charge < -0.3 is 5.11 Å². The largest absolute Gasteiger partial charge is 0.508 e. The molecule has 68 valence electrons. The van der Waals surface area contributed by atoms with Gasteiger partial charge in [0.25, 0.3) is 0 Å². The van der Waals surface area contributed by atoms with Crippen molar-refractivity contribution in [3.05, 3.63) is 27.5 Å². The van der Waals surface area contributed by atoms with Gasteiger partial charge in [-0.1, -0.05) is 6.92 Å². The van der Waals surface area contributed by atoms with E-state index < -0.39 is 0 Å². The van der Waals surface area contributed by atoms with Crippen LogP contribution in [-0.2, 0) is 6.42 Å². The highest BCUT2D eigenvalue weighted by molar-refractivity contribution is 9.11. The van der Waals surface area contributed by atoms with Crippen molar-refractivity contribution in [3.8, 4) is 5.75 Å². The molecule has 0 bridgehead atoms. The predicted octanol–water partition coefficient (Wildman–Crippen LogP) is 3.93. The molecular weight excluding hydrogens is 248 g/mol. The number of benzene rings is 1. The lowest BCUT2D eigenvalue weighted by Gasteiger charge is -1.95. The molecule has 0 aliphatic heterocycles. The highest BCUT2D eigenvalue weighted by atomic mass is 79.9. The summed E-state index contributed by atoms with van der Waals surface area (Å²) in [6.45, 7) is 2.14. The summed E-state index contributed by atoms with van der Waals surface area (Å²) in [5, 5.41) is 10.5. The highest BCUT2D eigenvalue weighted by Gasteiger charge is 2.08. The van der Waals surface area contributed by atoms with E-state index in [0.717, 1.165) is 11.1 Å². The minimum Gasteiger partial charge on any atom is -0.508 e. The van der Waals surface area contributed by atoms with Gasteiger partial charge in [-0.25, -0.2) is 0 Å². The number of thiophene rings is 1. The zero-order valence-electron chi connectivity index (χ0n) is 7.17. The van der Waals surface area contributed by atoms with Crippen LogP contribution in [0.1, 0.15) is 12.5 Å². The molecule has 0 atom stereocenters. The SMILES string of the molecule is CCc1c(Br)sc2cc(O)ccc12. The van der Waals surface area contributed by atoms with Crippen molar-refractivity contribution in [2.45, 2.75) is 13.3 Å². The number of phenols is 1. The van der Waals surface area contributed by atoms with Gasteiger partial charge in [0.2, 0.25) is 0 Å². The Labute approximate surface area is 89.1 Å². The molecule has 2 rings (SSSR count). The number of aryl methyl sites for hydroxylation is 1. The maximum atomic E-state index is 9.29. The van der Waals surface area contributed by atoms with Gasteiger partial charge in [0, 0.05) is 4.70 Å². The molecule has 0 unspecified atom stereocenters. The van der Waals surface area contributed by atoms with Crippen LogP contribution in [0.3, 0.4) is 0 Å². The van der Waals surface area contributed by atoms with Gasteiger partial charge in [-0.2, -0.15) is 0 Å². The first kappa shape index (κ1) is 9.03. The minimum atomic E-state index is 0.337. The van der Waals surface area contributed by atoms with E-state index >= 15 is 0 Å². The first-order valence-electron chi connectivity index (χ1n) is 4.12. The van der Waals surface area contributed by atoms with Gasteiger partial charge >= 0.3 is 0 Å². The Balaban J connectivity index is 2.79. The molecule has 13 heavy (non-hydrogen) atoms. The smallest absolute Gasteiger partial charge is 0.117 e. The van der Waals surface area contributed by atoms with E-state index in [2.05, 4.69) is 22.9 Å². The normalized spacial score (nSPS) is 10.9. The van der Waals surface area contributed by atoms with Crippen molar-refractivity contribution in [1.82, 2.24) is 0 Å². The molecule has 0 amide bonds. The van der Waals surface area contributed by atoms with Crippen LogP contribution in [0.25, 0.3) is 10.1 Å². The fraction of sp³-hybridized carbons (Fsp3) is 0.200. The van der Waals surface area contributed by atoms with Crippen molar-refractivity contribution in [3.63, 3.8) is 0 Å². The first-order valence-corrected chi connectivity index (χ1v) is 5.73. The van der Waals surface area contributed by atoms with Gasteiger partial charge in [-0.3, -0.25) is 0 Å². The van der Waals surface area contributed by atoms with Gasteiger partial charge in [0.05, 0.1) is 3.79 Å². The Morgan fingerprint density at radius 2 is 2.23 bits per heavy atom. The molecular formula is C10H9BrOS. The van der Waals surface area contributed by atoms with E-state index in [0.29, 0.717) is 5.75 Å². The lowest BCUT2D eigenvalue weighted by atomic mass is 10.1. The number of aromatic hydroxyl groups is 1. The van der Waals surface area contributed by atoms with E-state index in [1.807, 2.05) is 12.1 Å².